The van der Waals surface area contributed by atoms with Crippen molar-refractivity contribution in [3.05, 3.63) is 50.4 Å². The number of halogens is 5. The van der Waals surface area contributed by atoms with Crippen LogP contribution in [-0.4, -0.2) is 4.98 Å². The first-order valence-electron chi connectivity index (χ1n) is 4.45. The second-order valence-corrected chi connectivity index (χ2v) is 4.77. The molecular weight excluding hydrogens is 307 g/mol. The van der Waals surface area contributed by atoms with E-state index in [9.17, 15) is 4.39 Å². The van der Waals surface area contributed by atoms with Crippen LogP contribution in [0, 0.1) is 5.82 Å². The van der Waals surface area contributed by atoms with Crippen LogP contribution in [-0.2, 0) is 0 Å². The van der Waals surface area contributed by atoms with Crippen LogP contribution in [0.4, 0.5) is 4.39 Å². The molecule has 0 amide bonds. The van der Waals surface area contributed by atoms with Gasteiger partial charge in [-0.3, -0.25) is 0 Å². The molecule has 0 aliphatic carbocycles. The molecule has 1 aromatic heterocycles. The first-order chi connectivity index (χ1) is 8.00. The van der Waals surface area contributed by atoms with Crippen molar-refractivity contribution in [2.75, 3.05) is 0 Å². The molecule has 0 radical (unpaired) electrons. The highest BCUT2D eigenvalue weighted by Crippen LogP contribution is 2.36. The minimum atomic E-state index is -0.622. The maximum absolute atomic E-state index is 13.7. The number of aromatic nitrogens is 1. The van der Waals surface area contributed by atoms with Gasteiger partial charge in [0.1, 0.15) is 0 Å². The highest BCUT2D eigenvalue weighted by molar-refractivity contribution is 6.48. The molecule has 0 spiro atoms. The third-order valence-corrected chi connectivity index (χ3v) is 3.60. The van der Waals surface area contributed by atoms with Crippen LogP contribution < -0.4 is 0 Å². The number of benzene rings is 1. The lowest BCUT2D eigenvalue weighted by Gasteiger charge is -2.07. The number of hydrogen-bond acceptors (Lipinski definition) is 1. The van der Waals surface area contributed by atoms with Gasteiger partial charge in [-0.05, 0) is 23.8 Å². The number of hydrogen-bond donors (Lipinski definition) is 0. The third-order valence-electron chi connectivity index (χ3n) is 2.14. The lowest BCUT2D eigenvalue weighted by Crippen LogP contribution is -1.89. The Morgan fingerprint density at radius 2 is 1.59 bits per heavy atom. The van der Waals surface area contributed by atoms with Crippen LogP contribution in [0.15, 0.2) is 24.4 Å². The monoisotopic (exact) mass is 309 g/mol. The highest BCUT2D eigenvalue weighted by Gasteiger charge is 2.13. The van der Waals surface area contributed by atoms with Crippen molar-refractivity contribution < 1.29 is 4.39 Å². The minimum absolute atomic E-state index is 0.204. The largest absolute Gasteiger partial charge is 0.242 e. The summed E-state index contributed by atoms with van der Waals surface area (Å²) >= 11 is 23.2. The highest BCUT2D eigenvalue weighted by atomic mass is 35.5. The van der Waals surface area contributed by atoms with Gasteiger partial charge in [0.05, 0.1) is 15.1 Å². The molecule has 1 nitrogen and oxygen atoms in total. The number of pyridine rings is 1. The first kappa shape index (κ1) is 12.9. The zero-order valence-electron chi connectivity index (χ0n) is 8.15. The second-order valence-electron chi connectivity index (χ2n) is 3.22. The Hall–Kier alpha value is -0.540. The molecule has 6 heteroatoms. The molecule has 0 saturated carbocycles. The summed E-state index contributed by atoms with van der Waals surface area (Å²) in [6, 6.07) is 4.52. The van der Waals surface area contributed by atoms with Gasteiger partial charge in [0.25, 0.3) is 0 Å². The third kappa shape index (κ3) is 2.50. The molecule has 0 N–H and O–H groups in total. The molecular formula is C11H4Cl4FN. The molecule has 2 aromatic rings. The summed E-state index contributed by atoms with van der Waals surface area (Å²) < 4.78 is 13.7. The van der Waals surface area contributed by atoms with E-state index in [0.717, 1.165) is 0 Å². The Labute approximate surface area is 117 Å². The van der Waals surface area contributed by atoms with Gasteiger partial charge < -0.3 is 0 Å². The molecule has 0 aliphatic heterocycles. The van der Waals surface area contributed by atoms with Crippen molar-refractivity contribution in [1.29, 1.82) is 0 Å². The van der Waals surface area contributed by atoms with E-state index in [1.807, 2.05) is 0 Å². The average molecular weight is 311 g/mol. The summed E-state index contributed by atoms with van der Waals surface area (Å²) in [5, 5.41) is 0.533. The van der Waals surface area contributed by atoms with Crippen LogP contribution in [0.1, 0.15) is 0 Å². The molecule has 0 bridgehead atoms. The van der Waals surface area contributed by atoms with E-state index in [4.69, 9.17) is 46.4 Å². The molecule has 1 heterocycles. The maximum atomic E-state index is 13.7. The Bertz CT molecular complexity index is 563. The topological polar surface area (TPSA) is 12.9 Å². The normalized spacial score (nSPS) is 10.6. The van der Waals surface area contributed by atoms with Crippen LogP contribution in [0.3, 0.4) is 0 Å². The lowest BCUT2D eigenvalue weighted by atomic mass is 10.1. The van der Waals surface area contributed by atoms with Gasteiger partial charge in [-0.25, -0.2) is 9.37 Å². The van der Waals surface area contributed by atoms with E-state index < -0.39 is 5.82 Å². The predicted octanol–water partition coefficient (Wildman–Crippen LogP) is 5.50. The van der Waals surface area contributed by atoms with Crippen molar-refractivity contribution >= 4 is 46.4 Å². The van der Waals surface area contributed by atoms with Gasteiger partial charge >= 0.3 is 0 Å². The summed E-state index contributed by atoms with van der Waals surface area (Å²) in [6.45, 7) is 0. The fourth-order valence-electron chi connectivity index (χ4n) is 1.35. The first-order valence-corrected chi connectivity index (χ1v) is 5.97. The van der Waals surface area contributed by atoms with Crippen LogP contribution in [0.25, 0.3) is 11.1 Å². The average Bonchev–Trinajstić information content (AvgIpc) is 2.29. The summed E-state index contributed by atoms with van der Waals surface area (Å²) in [5.41, 5.74) is 0.761. The van der Waals surface area contributed by atoms with Gasteiger partial charge in [-0.1, -0.05) is 46.4 Å². The second kappa shape index (κ2) is 4.99. The van der Waals surface area contributed by atoms with Crippen LogP contribution in [0.2, 0.25) is 20.2 Å². The Morgan fingerprint density at radius 1 is 1.00 bits per heavy atom. The minimum Gasteiger partial charge on any atom is -0.242 e. The van der Waals surface area contributed by atoms with E-state index in [1.165, 1.54) is 24.4 Å². The van der Waals surface area contributed by atoms with E-state index in [1.54, 1.807) is 0 Å². The molecule has 17 heavy (non-hydrogen) atoms. The molecule has 2 rings (SSSR count). The van der Waals surface area contributed by atoms with Crippen molar-refractivity contribution in [3.63, 3.8) is 0 Å². The summed E-state index contributed by atoms with van der Waals surface area (Å²) in [5.74, 6) is -0.622. The van der Waals surface area contributed by atoms with Crippen molar-refractivity contribution in [2.45, 2.75) is 0 Å². The molecule has 0 fully saturated rings. The maximum Gasteiger partial charge on any atom is 0.168 e. The van der Waals surface area contributed by atoms with Gasteiger partial charge in [0.15, 0.2) is 11.0 Å². The molecule has 0 aliphatic rings. The zero-order valence-corrected chi connectivity index (χ0v) is 11.2. The van der Waals surface area contributed by atoms with Crippen LogP contribution >= 0.6 is 46.4 Å². The summed E-state index contributed by atoms with van der Waals surface area (Å²) in [7, 11) is 0. The summed E-state index contributed by atoms with van der Waals surface area (Å²) in [4.78, 5) is 3.63. The zero-order chi connectivity index (χ0) is 12.6. The molecule has 1 aromatic carbocycles. The van der Waals surface area contributed by atoms with E-state index >= 15 is 0 Å². The lowest BCUT2D eigenvalue weighted by molar-refractivity contribution is 0.625. The summed E-state index contributed by atoms with van der Waals surface area (Å²) in [6.07, 6.45) is 1.40. The fraction of sp³-hybridized carbons (Fsp3) is 0. The van der Waals surface area contributed by atoms with Gasteiger partial charge in [0.2, 0.25) is 0 Å². The molecule has 88 valence electrons. The Balaban J connectivity index is 2.65. The number of rotatable bonds is 1. The molecule has 0 atom stereocenters. The smallest absolute Gasteiger partial charge is 0.168 e. The number of nitrogens with zero attached hydrogens (tertiary/aromatic N) is 1. The van der Waals surface area contributed by atoms with E-state index in [2.05, 4.69) is 4.98 Å². The van der Waals surface area contributed by atoms with Gasteiger partial charge in [-0.2, -0.15) is 0 Å². The van der Waals surface area contributed by atoms with Crippen molar-refractivity contribution in [1.82, 2.24) is 4.98 Å². The molecule has 0 saturated heterocycles. The van der Waals surface area contributed by atoms with Gasteiger partial charge in [0, 0.05) is 11.8 Å². The Kier molecular flexibility index (Phi) is 3.79. The van der Waals surface area contributed by atoms with E-state index in [-0.39, 0.29) is 25.8 Å². The Morgan fingerprint density at radius 3 is 2.18 bits per heavy atom. The molecule has 0 unspecified atom stereocenters. The van der Waals surface area contributed by atoms with Crippen LogP contribution in [0.5, 0.6) is 0 Å². The quantitative estimate of drug-likeness (QED) is 0.500. The SMILES string of the molecule is Fc1c(-c2cc(Cl)c(Cl)c(Cl)c2)ccnc1Cl. The van der Waals surface area contributed by atoms with Gasteiger partial charge in [-0.15, -0.1) is 0 Å². The van der Waals surface area contributed by atoms with E-state index in [0.29, 0.717) is 5.56 Å². The standard InChI is InChI=1S/C11H4Cl4FN/c12-7-3-5(4-8(13)9(7)14)6-1-2-17-11(15)10(6)16/h1-4H. The predicted molar refractivity (Wildman–Crippen MR) is 69.7 cm³/mol. The van der Waals surface area contributed by atoms with Crippen molar-refractivity contribution in [2.24, 2.45) is 0 Å². The van der Waals surface area contributed by atoms with Crippen molar-refractivity contribution in [3.8, 4) is 11.1 Å². The fourth-order valence-corrected chi connectivity index (χ4v) is 2.11.